The highest BCUT2D eigenvalue weighted by atomic mass is 32.2. The molecule has 2 aliphatic heterocycles. The number of nitrogens with one attached hydrogen (secondary N) is 2. The van der Waals surface area contributed by atoms with Crippen molar-refractivity contribution in [2.24, 2.45) is 11.8 Å². The Bertz CT molecular complexity index is 1970. The number of aliphatic hydroxyl groups excluding tert-OH is 1. The Hall–Kier alpha value is -4.06. The average molecular weight is 876 g/mol. The van der Waals surface area contributed by atoms with Crippen molar-refractivity contribution < 1.29 is 60.4 Å². The van der Waals surface area contributed by atoms with E-state index in [1.165, 1.54) is 30.5 Å². The molecule has 0 saturated carbocycles. The third-order valence-electron chi connectivity index (χ3n) is 9.96. The number of alkyl carbamates (subject to hydrolysis) is 1. The Morgan fingerprint density at radius 2 is 1.65 bits per heavy atom. The van der Waals surface area contributed by atoms with Gasteiger partial charge in [-0.25, -0.2) is 22.6 Å². The van der Waals surface area contributed by atoms with Gasteiger partial charge in [0.05, 0.1) is 56.1 Å². The molecule has 2 heterocycles. The standard InChI is InChI=1S/C42H58N3O13PS/c1-6-53-40(47)30(4)57-59(49,58-34-10-8-7-9-11-34)23-21-43-25-32-14-12-31(13-15-32)24-37(44-42(48)56-39-28-55-41-36(39)20-22-54-41)38(46)27-45(26-29(2)3)60(50,51)35-18-16-33(52-5)17-19-35/h7-19,29-30,36-39,41,43,46H,6,20-28H2,1-5H3,(H,44,48)/t30-,36-,37?,38+,39-,41+,59?/m0/s1. The van der Waals surface area contributed by atoms with Crippen LogP contribution in [0.15, 0.2) is 83.8 Å². The van der Waals surface area contributed by atoms with E-state index in [4.69, 9.17) is 32.7 Å². The molecule has 2 aliphatic rings. The number of rotatable bonds is 23. The molecular weight excluding hydrogens is 818 g/mol. The molecule has 3 N–H and O–H groups in total. The molecule has 0 aromatic heterocycles. The van der Waals surface area contributed by atoms with Gasteiger partial charge in [0.1, 0.15) is 17.6 Å². The summed E-state index contributed by atoms with van der Waals surface area (Å²) in [5.74, 6) is 0.0332. The van der Waals surface area contributed by atoms with Gasteiger partial charge >= 0.3 is 19.7 Å². The number of hydrogen-bond acceptors (Lipinski definition) is 14. The van der Waals surface area contributed by atoms with Crippen LogP contribution in [0, 0.1) is 11.8 Å². The van der Waals surface area contributed by atoms with E-state index in [1.807, 2.05) is 38.1 Å². The summed E-state index contributed by atoms with van der Waals surface area (Å²) in [5.41, 5.74) is 1.64. The topological polar surface area (TPSA) is 197 Å². The van der Waals surface area contributed by atoms with Gasteiger partial charge < -0.3 is 43.9 Å². The van der Waals surface area contributed by atoms with Crippen LogP contribution in [0.3, 0.4) is 0 Å². The number of para-hydroxylation sites is 1. The monoisotopic (exact) mass is 875 g/mol. The van der Waals surface area contributed by atoms with Crippen molar-refractivity contribution >= 4 is 29.7 Å². The van der Waals surface area contributed by atoms with Crippen LogP contribution in [0.25, 0.3) is 0 Å². The number of sulfonamides is 1. The third-order valence-corrected chi connectivity index (χ3v) is 13.7. The zero-order valence-electron chi connectivity index (χ0n) is 34.8. The van der Waals surface area contributed by atoms with Gasteiger partial charge in [0.25, 0.3) is 0 Å². The maximum atomic E-state index is 13.9. The number of carbonyl (C=O) groups is 2. The van der Waals surface area contributed by atoms with Gasteiger partial charge in [0, 0.05) is 26.2 Å². The van der Waals surface area contributed by atoms with Crippen LogP contribution in [-0.2, 0) is 55.8 Å². The predicted molar refractivity (Wildman–Crippen MR) is 222 cm³/mol. The quantitative estimate of drug-likeness (QED) is 0.0644. The highest BCUT2D eigenvalue weighted by molar-refractivity contribution is 7.89. The van der Waals surface area contributed by atoms with Gasteiger partial charge in [-0.1, -0.05) is 56.3 Å². The van der Waals surface area contributed by atoms with Crippen LogP contribution >= 0.6 is 7.60 Å². The average Bonchev–Trinajstić information content (AvgIpc) is 3.85. The van der Waals surface area contributed by atoms with Gasteiger partial charge in [0.15, 0.2) is 12.4 Å². The van der Waals surface area contributed by atoms with Gasteiger partial charge in [-0.15, -0.1) is 0 Å². The Labute approximate surface area is 352 Å². The van der Waals surface area contributed by atoms with Crippen LogP contribution < -0.4 is 19.9 Å². The van der Waals surface area contributed by atoms with Crippen molar-refractivity contribution in [3.63, 3.8) is 0 Å². The fraction of sp³-hybridized carbons (Fsp3) is 0.524. The largest absolute Gasteiger partial charge is 0.497 e. The first-order valence-electron chi connectivity index (χ1n) is 20.2. The second kappa shape index (κ2) is 22.2. The minimum Gasteiger partial charge on any atom is -0.497 e. The number of fused-ring (bicyclic) bond motifs is 1. The van der Waals surface area contributed by atoms with Gasteiger partial charge in [-0.3, -0.25) is 4.52 Å². The lowest BCUT2D eigenvalue weighted by Gasteiger charge is -2.31. The first-order chi connectivity index (χ1) is 28.7. The summed E-state index contributed by atoms with van der Waals surface area (Å²) in [6.45, 7) is 8.19. The maximum absolute atomic E-state index is 13.9. The lowest BCUT2D eigenvalue weighted by molar-refractivity contribution is -0.150. The van der Waals surface area contributed by atoms with E-state index < -0.39 is 60.3 Å². The summed E-state index contributed by atoms with van der Waals surface area (Å²) in [6, 6.07) is 21.1. The van der Waals surface area contributed by atoms with Crippen LogP contribution in [0.2, 0.25) is 0 Å². The number of ether oxygens (including phenoxy) is 5. The number of methoxy groups -OCH3 is 1. The fourth-order valence-corrected chi connectivity index (χ4v) is 10.2. The molecule has 0 bridgehead atoms. The fourth-order valence-electron chi connectivity index (χ4n) is 6.87. The van der Waals surface area contributed by atoms with E-state index in [-0.39, 0.29) is 62.2 Å². The molecular formula is C42H58N3O13PS. The number of amides is 1. The normalized spacial score (nSPS) is 20.2. The van der Waals surface area contributed by atoms with Crippen LogP contribution in [0.1, 0.15) is 45.2 Å². The molecule has 2 fully saturated rings. The van der Waals surface area contributed by atoms with Gasteiger partial charge in [-0.2, -0.15) is 4.31 Å². The van der Waals surface area contributed by atoms with Gasteiger partial charge in [0.2, 0.25) is 10.0 Å². The molecule has 18 heteroatoms. The summed E-state index contributed by atoms with van der Waals surface area (Å²) in [4.78, 5) is 25.7. The number of benzene rings is 3. The number of carbonyl (C=O) groups excluding carboxylic acids is 2. The summed E-state index contributed by atoms with van der Waals surface area (Å²) < 4.78 is 81.5. The van der Waals surface area contributed by atoms with E-state index >= 15 is 0 Å². The molecule has 1 amide bonds. The van der Waals surface area contributed by atoms with E-state index in [0.717, 1.165) is 11.1 Å². The first-order valence-corrected chi connectivity index (χ1v) is 23.4. The second-order valence-corrected chi connectivity index (χ2v) is 19.1. The number of esters is 1. The Morgan fingerprint density at radius 1 is 0.950 bits per heavy atom. The van der Waals surface area contributed by atoms with Crippen molar-refractivity contribution in [3.8, 4) is 11.5 Å². The number of nitrogens with zero attached hydrogens (tertiary/aromatic N) is 1. The van der Waals surface area contributed by atoms with Gasteiger partial charge in [-0.05, 0) is 80.1 Å². The molecule has 2 saturated heterocycles. The van der Waals surface area contributed by atoms with E-state index in [9.17, 15) is 27.7 Å². The summed E-state index contributed by atoms with van der Waals surface area (Å²) in [7, 11) is -6.36. The zero-order valence-corrected chi connectivity index (χ0v) is 36.5. The van der Waals surface area contributed by atoms with E-state index in [0.29, 0.717) is 31.1 Å². The molecule has 3 aromatic carbocycles. The molecule has 0 radical (unpaired) electrons. The minimum atomic E-state index is -4.05. The van der Waals surface area contributed by atoms with Crippen molar-refractivity contribution in [1.82, 2.24) is 14.9 Å². The second-order valence-electron chi connectivity index (χ2n) is 15.1. The highest BCUT2D eigenvalue weighted by Crippen LogP contribution is 2.49. The minimum absolute atomic E-state index is 0.0333. The van der Waals surface area contributed by atoms with Crippen LogP contribution in [0.5, 0.6) is 11.5 Å². The van der Waals surface area contributed by atoms with Crippen molar-refractivity contribution in [3.05, 3.63) is 90.0 Å². The lowest BCUT2D eigenvalue weighted by Crippen LogP contribution is -2.51. The third kappa shape index (κ3) is 13.5. The number of hydrogen-bond donors (Lipinski definition) is 3. The van der Waals surface area contributed by atoms with Crippen LogP contribution in [0.4, 0.5) is 4.79 Å². The van der Waals surface area contributed by atoms with E-state index in [2.05, 4.69) is 10.6 Å². The molecule has 3 aromatic rings. The molecule has 0 aliphatic carbocycles. The summed E-state index contributed by atoms with van der Waals surface area (Å²) in [5, 5.41) is 17.8. The van der Waals surface area contributed by atoms with Crippen molar-refractivity contribution in [2.75, 3.05) is 52.7 Å². The molecule has 2 unspecified atom stereocenters. The molecule has 7 atom stereocenters. The Morgan fingerprint density at radius 3 is 2.32 bits per heavy atom. The van der Waals surface area contributed by atoms with Crippen molar-refractivity contribution in [2.45, 2.75) is 82.6 Å². The van der Waals surface area contributed by atoms with Crippen LogP contribution in [-0.4, -0.2) is 113 Å². The SMILES string of the molecule is CCOC(=O)[C@H](C)OP(=O)(CCNCc1ccc(CC(NC(=O)O[C@H]2CO[C@H]3OCC[C@H]32)[C@H](O)CN(CC(C)C)S(=O)(=O)c2ccc(OC)cc2)cc1)Oc1ccccc1. The summed E-state index contributed by atoms with van der Waals surface area (Å²) >= 11 is 0. The Kier molecular flexibility index (Phi) is 17.4. The number of aliphatic hydroxyl groups is 1. The Balaban J connectivity index is 1.25. The smallest absolute Gasteiger partial charge is 0.407 e. The lowest BCUT2D eigenvalue weighted by atomic mass is 10.00. The zero-order chi connectivity index (χ0) is 43.3. The molecule has 5 rings (SSSR count). The molecule has 0 spiro atoms. The summed E-state index contributed by atoms with van der Waals surface area (Å²) in [6.07, 6.45) is -3.35. The first kappa shape index (κ1) is 47.0. The highest BCUT2D eigenvalue weighted by Gasteiger charge is 2.44. The molecule has 60 heavy (non-hydrogen) atoms. The molecule has 330 valence electrons. The maximum Gasteiger partial charge on any atom is 0.407 e. The van der Waals surface area contributed by atoms with E-state index in [1.54, 1.807) is 49.4 Å². The van der Waals surface area contributed by atoms with Crippen molar-refractivity contribution in [1.29, 1.82) is 0 Å². The molecule has 16 nitrogen and oxygen atoms in total. The predicted octanol–water partition coefficient (Wildman–Crippen LogP) is 5.13.